The number of ether oxygens (including phenoxy) is 2. The number of hydrogen-bond acceptors (Lipinski definition) is 8. The van der Waals surface area contributed by atoms with Crippen molar-refractivity contribution in [3.63, 3.8) is 0 Å². The predicted molar refractivity (Wildman–Crippen MR) is 108 cm³/mol. The minimum absolute atomic E-state index is 0.0320. The summed E-state index contributed by atoms with van der Waals surface area (Å²) < 4.78 is 15.9. The van der Waals surface area contributed by atoms with Gasteiger partial charge in [-0.05, 0) is 30.6 Å². The highest BCUT2D eigenvalue weighted by atomic mass is 28.4. The molecule has 0 atom stereocenters. The van der Waals surface area contributed by atoms with Crippen molar-refractivity contribution in [1.82, 2.24) is 0 Å². The number of esters is 2. The molecule has 9 nitrogen and oxygen atoms in total. The normalized spacial score (nSPS) is 11.7. The first-order chi connectivity index (χ1) is 13.3. The standard InChI is InChI=1S/C19H27NO8Si/c1-13(22)27-15-10-14(12-21)18(16(11-15)20(24)25)28-17(23)8-7-9-26-29(5,6)19(2,3)4/h10-12H,7-9H2,1-6H3. The number of rotatable bonds is 9. The van der Waals surface area contributed by atoms with Gasteiger partial charge in [-0.15, -0.1) is 0 Å². The second-order valence-corrected chi connectivity index (χ2v) is 12.8. The van der Waals surface area contributed by atoms with Gasteiger partial charge in [0.05, 0.1) is 16.6 Å². The molecule has 0 heterocycles. The van der Waals surface area contributed by atoms with Crippen LogP contribution in [0.4, 0.5) is 5.69 Å². The zero-order valence-corrected chi connectivity index (χ0v) is 18.6. The Balaban J connectivity index is 2.86. The molecule has 29 heavy (non-hydrogen) atoms. The SMILES string of the molecule is CC(=O)Oc1cc(C=O)c(OC(=O)CCCO[Si](C)(C)C(C)(C)C)c([N+](=O)[O-])c1. The number of nitro benzene ring substituents is 1. The molecule has 0 aliphatic heterocycles. The second-order valence-electron chi connectivity index (χ2n) is 8.02. The summed E-state index contributed by atoms with van der Waals surface area (Å²) in [5.74, 6) is -2.09. The fourth-order valence-electron chi connectivity index (χ4n) is 2.09. The van der Waals surface area contributed by atoms with E-state index in [-0.39, 0.29) is 22.8 Å². The zero-order chi connectivity index (χ0) is 22.4. The molecular weight excluding hydrogens is 398 g/mol. The quantitative estimate of drug-likeness (QED) is 0.110. The first-order valence-electron chi connectivity index (χ1n) is 9.09. The topological polar surface area (TPSA) is 122 Å². The molecule has 0 aliphatic rings. The predicted octanol–water partition coefficient (Wildman–Crippen LogP) is 4.04. The summed E-state index contributed by atoms with van der Waals surface area (Å²) in [6.45, 7) is 12.0. The molecule has 160 valence electrons. The van der Waals surface area contributed by atoms with Gasteiger partial charge in [-0.2, -0.15) is 0 Å². The highest BCUT2D eigenvalue weighted by molar-refractivity contribution is 6.74. The molecule has 0 aromatic heterocycles. The number of nitrogens with zero attached hydrogens (tertiary/aromatic N) is 1. The third-order valence-corrected chi connectivity index (χ3v) is 9.21. The molecule has 1 rings (SSSR count). The van der Waals surface area contributed by atoms with Crippen molar-refractivity contribution < 1.29 is 33.2 Å². The Hall–Kier alpha value is -2.59. The van der Waals surface area contributed by atoms with Crippen LogP contribution < -0.4 is 9.47 Å². The Labute approximate surface area is 170 Å². The van der Waals surface area contributed by atoms with Crippen LogP contribution in [-0.2, 0) is 14.0 Å². The lowest BCUT2D eigenvalue weighted by atomic mass is 10.1. The molecule has 0 N–H and O–H groups in total. The highest BCUT2D eigenvalue weighted by Gasteiger charge is 2.36. The zero-order valence-electron chi connectivity index (χ0n) is 17.6. The van der Waals surface area contributed by atoms with Crippen molar-refractivity contribution in [2.75, 3.05) is 6.61 Å². The fraction of sp³-hybridized carbons (Fsp3) is 0.526. The van der Waals surface area contributed by atoms with E-state index in [4.69, 9.17) is 13.9 Å². The fourth-order valence-corrected chi connectivity index (χ4v) is 3.18. The Morgan fingerprint density at radius 1 is 1.21 bits per heavy atom. The van der Waals surface area contributed by atoms with Gasteiger partial charge in [-0.25, -0.2) is 0 Å². The van der Waals surface area contributed by atoms with Crippen LogP contribution in [0.25, 0.3) is 0 Å². The van der Waals surface area contributed by atoms with E-state index < -0.39 is 36.6 Å². The molecule has 1 aromatic rings. The van der Waals surface area contributed by atoms with E-state index in [0.29, 0.717) is 19.3 Å². The average molecular weight is 426 g/mol. The minimum atomic E-state index is -1.94. The van der Waals surface area contributed by atoms with Gasteiger partial charge in [0, 0.05) is 20.0 Å². The van der Waals surface area contributed by atoms with Crippen LogP contribution in [0, 0.1) is 10.1 Å². The average Bonchev–Trinajstić information content (AvgIpc) is 2.57. The first-order valence-corrected chi connectivity index (χ1v) is 12.0. The van der Waals surface area contributed by atoms with E-state index in [1.807, 2.05) is 0 Å². The van der Waals surface area contributed by atoms with Crippen LogP contribution in [0.15, 0.2) is 12.1 Å². The van der Waals surface area contributed by atoms with Crippen LogP contribution in [0.5, 0.6) is 11.5 Å². The lowest BCUT2D eigenvalue weighted by molar-refractivity contribution is -0.385. The van der Waals surface area contributed by atoms with Crippen molar-refractivity contribution in [1.29, 1.82) is 0 Å². The monoisotopic (exact) mass is 425 g/mol. The maximum atomic E-state index is 12.1. The summed E-state index contributed by atoms with van der Waals surface area (Å²) in [5.41, 5.74) is -0.905. The van der Waals surface area contributed by atoms with Crippen LogP contribution in [-0.4, -0.2) is 38.1 Å². The van der Waals surface area contributed by atoms with Gasteiger partial charge < -0.3 is 13.9 Å². The Morgan fingerprint density at radius 2 is 1.83 bits per heavy atom. The Morgan fingerprint density at radius 3 is 2.31 bits per heavy atom. The van der Waals surface area contributed by atoms with Gasteiger partial charge in [0.15, 0.2) is 14.6 Å². The van der Waals surface area contributed by atoms with Crippen LogP contribution in [0.1, 0.15) is 50.9 Å². The van der Waals surface area contributed by atoms with Crippen molar-refractivity contribution in [2.45, 2.75) is 58.7 Å². The van der Waals surface area contributed by atoms with Gasteiger partial charge in [0.25, 0.3) is 0 Å². The van der Waals surface area contributed by atoms with E-state index >= 15 is 0 Å². The molecule has 0 spiro atoms. The molecule has 10 heteroatoms. The molecule has 0 radical (unpaired) electrons. The lowest BCUT2D eigenvalue weighted by Gasteiger charge is -2.36. The maximum Gasteiger partial charge on any atom is 0.316 e. The molecular formula is C19H27NO8Si. The second kappa shape index (κ2) is 9.75. The van der Waals surface area contributed by atoms with Gasteiger partial charge in [0.1, 0.15) is 5.75 Å². The van der Waals surface area contributed by atoms with Crippen LogP contribution in [0.2, 0.25) is 18.1 Å². The lowest BCUT2D eigenvalue weighted by Crippen LogP contribution is -2.41. The van der Waals surface area contributed by atoms with Gasteiger partial charge in [0.2, 0.25) is 5.75 Å². The summed E-state index contributed by atoms with van der Waals surface area (Å²) in [6.07, 6.45) is 0.639. The molecule has 1 aromatic carbocycles. The molecule has 0 saturated carbocycles. The largest absolute Gasteiger partial charge is 0.426 e. The van der Waals surface area contributed by atoms with Crippen molar-refractivity contribution in [3.8, 4) is 11.5 Å². The number of carbonyl (C=O) groups is 3. The van der Waals surface area contributed by atoms with Gasteiger partial charge >= 0.3 is 17.6 Å². The molecule has 0 saturated heterocycles. The van der Waals surface area contributed by atoms with E-state index in [1.165, 1.54) is 0 Å². The summed E-state index contributed by atoms with van der Waals surface area (Å²) >= 11 is 0. The number of benzene rings is 1. The molecule has 0 aliphatic carbocycles. The van der Waals surface area contributed by atoms with Crippen LogP contribution >= 0.6 is 0 Å². The molecule has 0 fully saturated rings. The van der Waals surface area contributed by atoms with Crippen molar-refractivity contribution in [2.24, 2.45) is 0 Å². The van der Waals surface area contributed by atoms with E-state index in [1.54, 1.807) is 0 Å². The maximum absolute atomic E-state index is 12.1. The van der Waals surface area contributed by atoms with Gasteiger partial charge in [-0.3, -0.25) is 24.5 Å². The van der Waals surface area contributed by atoms with Gasteiger partial charge in [-0.1, -0.05) is 20.8 Å². The summed E-state index contributed by atoms with van der Waals surface area (Å²) in [5, 5.41) is 11.4. The third-order valence-electron chi connectivity index (χ3n) is 4.67. The summed E-state index contributed by atoms with van der Waals surface area (Å²) in [6, 6.07) is 2.03. The summed E-state index contributed by atoms with van der Waals surface area (Å²) in [4.78, 5) is 45.0. The number of aldehydes is 1. The smallest absolute Gasteiger partial charge is 0.316 e. The highest BCUT2D eigenvalue weighted by Crippen LogP contribution is 2.37. The molecule has 0 amide bonds. The Bertz CT molecular complexity index is 798. The van der Waals surface area contributed by atoms with E-state index in [9.17, 15) is 24.5 Å². The van der Waals surface area contributed by atoms with Crippen molar-refractivity contribution in [3.05, 3.63) is 27.8 Å². The van der Waals surface area contributed by atoms with E-state index in [2.05, 4.69) is 33.9 Å². The number of carbonyl (C=O) groups excluding carboxylic acids is 3. The number of nitro groups is 1. The third kappa shape index (κ3) is 7.06. The minimum Gasteiger partial charge on any atom is -0.426 e. The van der Waals surface area contributed by atoms with Crippen molar-refractivity contribution >= 4 is 32.2 Å². The Kier molecular flexibility index (Phi) is 8.22. The molecule has 0 bridgehead atoms. The molecule has 0 unspecified atom stereocenters. The van der Waals surface area contributed by atoms with Crippen LogP contribution in [0.3, 0.4) is 0 Å². The van der Waals surface area contributed by atoms with E-state index in [0.717, 1.165) is 19.1 Å². The first kappa shape index (κ1) is 24.4. The summed E-state index contributed by atoms with van der Waals surface area (Å²) in [7, 11) is -1.94. The number of hydrogen-bond donors (Lipinski definition) is 0.